The summed E-state index contributed by atoms with van der Waals surface area (Å²) in [6.07, 6.45) is 0.447. The zero-order valence-corrected chi connectivity index (χ0v) is 12.5. The fraction of sp³-hybridized carbons (Fsp3) is 0.833. The van der Waals surface area contributed by atoms with Gasteiger partial charge in [0.2, 0.25) is 0 Å². The molecule has 0 aromatic rings. The highest BCUT2D eigenvalue weighted by Gasteiger charge is 2.41. The molecule has 0 aromatic carbocycles. The molecule has 0 spiro atoms. The third-order valence-electron chi connectivity index (χ3n) is 4.23. The summed E-state index contributed by atoms with van der Waals surface area (Å²) in [5, 5.41) is 9.08. The van der Waals surface area contributed by atoms with Crippen molar-refractivity contribution >= 4 is 21.8 Å². The first-order valence-electron chi connectivity index (χ1n) is 6.73. The minimum atomic E-state index is -3.07. The lowest BCUT2D eigenvalue weighted by atomic mass is 10.0. The first kappa shape index (κ1) is 15.1. The average molecular weight is 304 g/mol. The molecule has 2 heterocycles. The van der Waals surface area contributed by atoms with Crippen LogP contribution in [0.1, 0.15) is 20.3 Å². The predicted molar refractivity (Wildman–Crippen MR) is 72.1 cm³/mol. The molecule has 2 rings (SSSR count). The lowest BCUT2D eigenvalue weighted by Crippen LogP contribution is -2.55. The van der Waals surface area contributed by atoms with E-state index in [4.69, 9.17) is 5.11 Å². The van der Waals surface area contributed by atoms with Gasteiger partial charge in [0.05, 0.1) is 17.4 Å². The van der Waals surface area contributed by atoms with Crippen molar-refractivity contribution in [3.05, 3.63) is 0 Å². The number of carboxylic acids is 1. The van der Waals surface area contributed by atoms with Crippen molar-refractivity contribution in [3.63, 3.8) is 0 Å². The molecule has 20 heavy (non-hydrogen) atoms. The van der Waals surface area contributed by atoms with Gasteiger partial charge in [-0.1, -0.05) is 0 Å². The van der Waals surface area contributed by atoms with Crippen LogP contribution >= 0.6 is 0 Å². The van der Waals surface area contributed by atoms with Gasteiger partial charge in [-0.2, -0.15) is 0 Å². The van der Waals surface area contributed by atoms with E-state index in [2.05, 4.69) is 0 Å². The summed E-state index contributed by atoms with van der Waals surface area (Å²) in [6, 6.07) is -0.966. The summed E-state index contributed by atoms with van der Waals surface area (Å²) in [5.41, 5.74) is 0. The van der Waals surface area contributed by atoms with Gasteiger partial charge in [-0.25, -0.2) is 13.2 Å². The summed E-state index contributed by atoms with van der Waals surface area (Å²) in [6.45, 7) is 4.04. The largest absolute Gasteiger partial charge is 0.481 e. The van der Waals surface area contributed by atoms with Gasteiger partial charge in [0.25, 0.3) is 0 Å². The highest BCUT2D eigenvalue weighted by Crippen LogP contribution is 2.26. The summed E-state index contributed by atoms with van der Waals surface area (Å²) in [5.74, 6) is -1.47. The van der Waals surface area contributed by atoms with Crippen LogP contribution in [0.5, 0.6) is 0 Å². The van der Waals surface area contributed by atoms with Gasteiger partial charge in [0.1, 0.15) is 0 Å². The molecule has 3 unspecified atom stereocenters. The van der Waals surface area contributed by atoms with Crippen molar-refractivity contribution in [1.29, 1.82) is 0 Å². The molecule has 2 amide bonds. The SMILES string of the molecule is CC1CS(=O)(=O)CCN1C(=O)N1CCC(C(=O)O)C1C. The Hall–Kier alpha value is -1.31. The highest BCUT2D eigenvalue weighted by atomic mass is 32.2. The molecule has 0 bridgehead atoms. The first-order valence-corrected chi connectivity index (χ1v) is 8.55. The molecule has 7 nitrogen and oxygen atoms in total. The number of urea groups is 1. The summed E-state index contributed by atoms with van der Waals surface area (Å²) < 4.78 is 23.1. The molecule has 8 heteroatoms. The minimum Gasteiger partial charge on any atom is -0.481 e. The minimum absolute atomic E-state index is 0.0202. The fourth-order valence-corrected chi connectivity index (χ4v) is 4.54. The number of carbonyl (C=O) groups excluding carboxylic acids is 1. The van der Waals surface area contributed by atoms with Crippen LogP contribution in [0.3, 0.4) is 0 Å². The molecule has 0 saturated carbocycles. The van der Waals surface area contributed by atoms with Gasteiger partial charge in [-0.3, -0.25) is 4.79 Å². The zero-order chi connectivity index (χ0) is 15.1. The quantitative estimate of drug-likeness (QED) is 0.737. The summed E-state index contributed by atoms with van der Waals surface area (Å²) in [7, 11) is -3.07. The van der Waals surface area contributed by atoms with Crippen molar-refractivity contribution in [3.8, 4) is 0 Å². The number of amides is 2. The van der Waals surface area contributed by atoms with Crippen LogP contribution in [0.25, 0.3) is 0 Å². The van der Waals surface area contributed by atoms with Crippen LogP contribution in [0.4, 0.5) is 4.79 Å². The van der Waals surface area contributed by atoms with Crippen LogP contribution in [0, 0.1) is 5.92 Å². The number of rotatable bonds is 1. The highest BCUT2D eigenvalue weighted by molar-refractivity contribution is 7.91. The summed E-state index contributed by atoms with van der Waals surface area (Å²) >= 11 is 0. The van der Waals surface area contributed by atoms with Crippen LogP contribution in [-0.2, 0) is 14.6 Å². The van der Waals surface area contributed by atoms with Crippen molar-refractivity contribution in [1.82, 2.24) is 9.80 Å². The van der Waals surface area contributed by atoms with Crippen LogP contribution in [0.15, 0.2) is 0 Å². The lowest BCUT2D eigenvalue weighted by molar-refractivity contribution is -0.142. The topological polar surface area (TPSA) is 95.0 Å². The number of hydrogen-bond donors (Lipinski definition) is 1. The second-order valence-corrected chi connectivity index (χ2v) is 7.84. The Kier molecular flexibility index (Phi) is 3.95. The molecule has 0 aromatic heterocycles. The molecular weight excluding hydrogens is 284 g/mol. The van der Waals surface area contributed by atoms with E-state index in [0.717, 1.165) is 0 Å². The molecule has 2 aliphatic heterocycles. The average Bonchev–Trinajstić information content (AvgIpc) is 2.69. The Bertz CT molecular complexity index is 518. The van der Waals surface area contributed by atoms with E-state index >= 15 is 0 Å². The summed E-state index contributed by atoms with van der Waals surface area (Å²) in [4.78, 5) is 26.6. The maximum atomic E-state index is 12.5. The Labute approximate surface area is 118 Å². The van der Waals surface area contributed by atoms with Gasteiger partial charge >= 0.3 is 12.0 Å². The Morgan fingerprint density at radius 2 is 1.80 bits per heavy atom. The van der Waals surface area contributed by atoms with E-state index in [1.807, 2.05) is 0 Å². The maximum absolute atomic E-state index is 12.5. The molecule has 0 aliphatic carbocycles. The molecule has 1 N–H and O–H groups in total. The molecular formula is C12H20N2O5S. The number of carboxylic acid groups (broad SMARTS) is 1. The number of sulfone groups is 1. The molecule has 3 atom stereocenters. The smallest absolute Gasteiger partial charge is 0.320 e. The molecule has 2 aliphatic rings. The number of nitrogens with zero attached hydrogens (tertiary/aromatic N) is 2. The van der Waals surface area contributed by atoms with Crippen LogP contribution in [0.2, 0.25) is 0 Å². The van der Waals surface area contributed by atoms with Gasteiger partial charge in [0.15, 0.2) is 9.84 Å². The van der Waals surface area contributed by atoms with Crippen LogP contribution < -0.4 is 0 Å². The van der Waals surface area contributed by atoms with Crippen molar-refractivity contribution < 1.29 is 23.1 Å². The standard InChI is InChI=1S/C12H20N2O5S/c1-8-7-20(18,19)6-5-13(8)12(17)14-4-3-10(9(14)2)11(15)16/h8-10H,3-7H2,1-2H3,(H,15,16). The first-order chi connectivity index (χ1) is 9.23. The lowest BCUT2D eigenvalue weighted by Gasteiger charge is -2.37. The number of aliphatic carboxylic acids is 1. The van der Waals surface area contributed by atoms with Gasteiger partial charge in [-0.15, -0.1) is 0 Å². The second kappa shape index (κ2) is 5.23. The predicted octanol–water partition coefficient (Wildman–Crippen LogP) is 0.0203. The number of likely N-dealkylation sites (tertiary alicyclic amines) is 1. The third-order valence-corrected chi connectivity index (χ3v) is 6.03. The van der Waals surface area contributed by atoms with Crippen molar-refractivity contribution in [2.75, 3.05) is 24.6 Å². The molecule has 0 radical (unpaired) electrons. The second-order valence-electron chi connectivity index (χ2n) is 5.61. The number of carbonyl (C=O) groups is 2. The van der Waals surface area contributed by atoms with E-state index in [0.29, 0.717) is 13.0 Å². The van der Waals surface area contributed by atoms with E-state index in [-0.39, 0.29) is 36.2 Å². The zero-order valence-electron chi connectivity index (χ0n) is 11.7. The van der Waals surface area contributed by atoms with Crippen molar-refractivity contribution in [2.24, 2.45) is 5.92 Å². The van der Waals surface area contributed by atoms with Gasteiger partial charge in [0, 0.05) is 25.2 Å². The molecule has 2 saturated heterocycles. The molecule has 114 valence electrons. The third kappa shape index (κ3) is 2.74. The Morgan fingerprint density at radius 3 is 2.30 bits per heavy atom. The Morgan fingerprint density at radius 1 is 1.15 bits per heavy atom. The van der Waals surface area contributed by atoms with Crippen molar-refractivity contribution in [2.45, 2.75) is 32.4 Å². The normalized spacial score (nSPS) is 33.2. The fourth-order valence-electron chi connectivity index (χ4n) is 2.99. The number of hydrogen-bond acceptors (Lipinski definition) is 4. The van der Waals surface area contributed by atoms with E-state index in [1.165, 1.54) is 0 Å². The Balaban J connectivity index is 2.07. The van der Waals surface area contributed by atoms with E-state index in [9.17, 15) is 18.0 Å². The van der Waals surface area contributed by atoms with Gasteiger partial charge in [-0.05, 0) is 20.3 Å². The van der Waals surface area contributed by atoms with Crippen LogP contribution in [-0.4, -0.2) is 72.0 Å². The van der Waals surface area contributed by atoms with E-state index < -0.39 is 21.7 Å². The van der Waals surface area contributed by atoms with E-state index in [1.54, 1.807) is 23.6 Å². The monoisotopic (exact) mass is 304 g/mol. The maximum Gasteiger partial charge on any atom is 0.320 e. The van der Waals surface area contributed by atoms with Gasteiger partial charge < -0.3 is 14.9 Å². The molecule has 2 fully saturated rings.